The third-order valence-corrected chi connectivity index (χ3v) is 4.14. The molecule has 1 aromatic carbocycles. The van der Waals surface area contributed by atoms with Gasteiger partial charge in [-0.3, -0.25) is 4.79 Å². The van der Waals surface area contributed by atoms with E-state index in [9.17, 15) is 9.59 Å². The van der Waals surface area contributed by atoms with Crippen LogP contribution in [0.25, 0.3) is 6.08 Å². The second-order valence-corrected chi connectivity index (χ2v) is 5.76. The number of carbonyl (C=O) groups excluding carboxylic acids is 2. The standard InChI is InChI=1S/C19H23FO3/c1-3-5-6-7-12-17(21)19(20)15-11-9-8-10-14(15)13-16(19)18(22)23-4-2/h8-11,13H,3-7,12H2,1-2H3. The van der Waals surface area contributed by atoms with E-state index in [0.717, 1.165) is 19.3 Å². The first kappa shape index (κ1) is 17.4. The lowest BCUT2D eigenvalue weighted by atomic mass is 9.85. The van der Waals surface area contributed by atoms with Gasteiger partial charge in [0.05, 0.1) is 12.2 Å². The van der Waals surface area contributed by atoms with Gasteiger partial charge in [0, 0.05) is 12.0 Å². The van der Waals surface area contributed by atoms with Gasteiger partial charge < -0.3 is 4.74 Å². The molecule has 0 amide bonds. The molecule has 1 atom stereocenters. The maximum Gasteiger partial charge on any atom is 0.338 e. The zero-order chi connectivity index (χ0) is 16.9. The molecule has 0 saturated heterocycles. The Morgan fingerprint density at radius 1 is 1.13 bits per heavy atom. The van der Waals surface area contributed by atoms with Crippen LogP contribution in [0.2, 0.25) is 0 Å². The number of ketones is 1. The summed E-state index contributed by atoms with van der Waals surface area (Å²) < 4.78 is 20.7. The number of esters is 1. The summed E-state index contributed by atoms with van der Waals surface area (Å²) in [5.74, 6) is -1.31. The van der Waals surface area contributed by atoms with Crippen molar-refractivity contribution in [2.75, 3.05) is 6.61 Å². The molecule has 0 saturated carbocycles. The number of unbranched alkanes of at least 4 members (excludes halogenated alkanes) is 3. The highest BCUT2D eigenvalue weighted by Crippen LogP contribution is 2.45. The normalized spacial score (nSPS) is 19.2. The predicted molar refractivity (Wildman–Crippen MR) is 87.6 cm³/mol. The van der Waals surface area contributed by atoms with E-state index in [2.05, 4.69) is 6.92 Å². The van der Waals surface area contributed by atoms with Gasteiger partial charge in [-0.05, 0) is 25.0 Å². The number of carbonyl (C=O) groups is 2. The third kappa shape index (κ3) is 3.36. The van der Waals surface area contributed by atoms with E-state index in [1.165, 1.54) is 6.08 Å². The molecular weight excluding hydrogens is 295 g/mol. The van der Waals surface area contributed by atoms with Crippen molar-refractivity contribution >= 4 is 17.8 Å². The fourth-order valence-corrected chi connectivity index (χ4v) is 2.93. The number of hydrogen-bond acceptors (Lipinski definition) is 3. The number of halogens is 1. The summed E-state index contributed by atoms with van der Waals surface area (Å²) in [5, 5.41) is 0. The first-order valence-corrected chi connectivity index (χ1v) is 8.26. The molecule has 124 valence electrons. The molecule has 0 N–H and O–H groups in total. The second kappa shape index (κ2) is 7.53. The van der Waals surface area contributed by atoms with Crippen LogP contribution in [-0.4, -0.2) is 18.4 Å². The quantitative estimate of drug-likeness (QED) is 0.528. The SMILES string of the molecule is CCCCCCC(=O)C1(F)C(C(=O)OCC)=Cc2ccccc21. The summed E-state index contributed by atoms with van der Waals surface area (Å²) in [6.07, 6.45) is 5.16. The number of Topliss-reactive ketones (excluding diaryl/α,β-unsaturated/α-hetero) is 1. The average Bonchev–Trinajstić information content (AvgIpc) is 2.86. The molecular formula is C19H23FO3. The van der Waals surface area contributed by atoms with Crippen molar-refractivity contribution in [1.82, 2.24) is 0 Å². The second-order valence-electron chi connectivity index (χ2n) is 5.76. The van der Waals surface area contributed by atoms with Gasteiger partial charge in [0.2, 0.25) is 5.67 Å². The van der Waals surface area contributed by atoms with Gasteiger partial charge in [-0.25, -0.2) is 9.18 Å². The van der Waals surface area contributed by atoms with Crippen molar-refractivity contribution in [3.63, 3.8) is 0 Å². The molecule has 0 radical (unpaired) electrons. The van der Waals surface area contributed by atoms with Crippen LogP contribution in [0.5, 0.6) is 0 Å². The smallest absolute Gasteiger partial charge is 0.338 e. The van der Waals surface area contributed by atoms with E-state index in [1.807, 2.05) is 0 Å². The largest absolute Gasteiger partial charge is 0.463 e. The predicted octanol–water partition coefficient (Wildman–Crippen LogP) is 4.35. The van der Waals surface area contributed by atoms with Crippen molar-refractivity contribution < 1.29 is 18.7 Å². The summed E-state index contributed by atoms with van der Waals surface area (Å²) in [6, 6.07) is 6.72. The number of hydrogen-bond donors (Lipinski definition) is 0. The number of benzene rings is 1. The third-order valence-electron chi connectivity index (χ3n) is 4.14. The van der Waals surface area contributed by atoms with Gasteiger partial charge in [0.15, 0.2) is 5.78 Å². The summed E-state index contributed by atoms with van der Waals surface area (Å²) >= 11 is 0. The minimum absolute atomic E-state index is 0.127. The van der Waals surface area contributed by atoms with Crippen LogP contribution in [0.3, 0.4) is 0 Å². The van der Waals surface area contributed by atoms with Crippen LogP contribution >= 0.6 is 0 Å². The zero-order valence-corrected chi connectivity index (χ0v) is 13.7. The molecule has 0 bridgehead atoms. The molecule has 0 aliphatic heterocycles. The van der Waals surface area contributed by atoms with Crippen LogP contribution < -0.4 is 0 Å². The molecule has 0 aromatic heterocycles. The van der Waals surface area contributed by atoms with E-state index in [4.69, 9.17) is 4.74 Å². The summed E-state index contributed by atoms with van der Waals surface area (Å²) in [4.78, 5) is 24.7. The van der Waals surface area contributed by atoms with Crippen LogP contribution in [0, 0.1) is 0 Å². The molecule has 1 aliphatic rings. The highest BCUT2D eigenvalue weighted by Gasteiger charge is 2.51. The Kier molecular flexibility index (Phi) is 5.69. The van der Waals surface area contributed by atoms with Gasteiger partial charge in [-0.15, -0.1) is 0 Å². The Morgan fingerprint density at radius 2 is 1.87 bits per heavy atom. The maximum absolute atomic E-state index is 15.7. The molecule has 4 heteroatoms. The van der Waals surface area contributed by atoms with Crippen molar-refractivity contribution in [2.45, 2.75) is 51.6 Å². The highest BCUT2D eigenvalue weighted by atomic mass is 19.1. The summed E-state index contributed by atoms with van der Waals surface area (Å²) in [6.45, 7) is 3.88. The lowest BCUT2D eigenvalue weighted by molar-refractivity contribution is -0.143. The Hall–Kier alpha value is -1.97. The number of rotatable bonds is 8. The Bertz CT molecular complexity index is 621. The van der Waals surface area contributed by atoms with Crippen molar-refractivity contribution in [2.24, 2.45) is 0 Å². The van der Waals surface area contributed by atoms with Crippen LogP contribution in [0.4, 0.5) is 4.39 Å². The number of fused-ring (bicyclic) bond motifs is 1. The molecule has 0 spiro atoms. The van der Waals surface area contributed by atoms with E-state index < -0.39 is 17.4 Å². The fourth-order valence-electron chi connectivity index (χ4n) is 2.93. The Labute approximate surface area is 136 Å². The average molecular weight is 318 g/mol. The van der Waals surface area contributed by atoms with Crippen LogP contribution in [0.1, 0.15) is 57.1 Å². The van der Waals surface area contributed by atoms with E-state index in [-0.39, 0.29) is 24.2 Å². The van der Waals surface area contributed by atoms with Gasteiger partial charge in [-0.1, -0.05) is 50.5 Å². The van der Waals surface area contributed by atoms with Crippen molar-refractivity contribution in [3.8, 4) is 0 Å². The van der Waals surface area contributed by atoms with Gasteiger partial charge in [0.1, 0.15) is 0 Å². The van der Waals surface area contributed by atoms with E-state index in [0.29, 0.717) is 12.0 Å². The molecule has 2 rings (SSSR count). The first-order chi connectivity index (χ1) is 11.1. The first-order valence-electron chi connectivity index (χ1n) is 8.26. The van der Waals surface area contributed by atoms with Gasteiger partial charge in [-0.2, -0.15) is 0 Å². The molecule has 3 nitrogen and oxygen atoms in total. The fraction of sp³-hybridized carbons (Fsp3) is 0.474. The summed E-state index contributed by atoms with van der Waals surface area (Å²) in [7, 11) is 0. The minimum atomic E-state index is -2.38. The number of ether oxygens (including phenoxy) is 1. The highest BCUT2D eigenvalue weighted by molar-refractivity contribution is 6.09. The molecule has 23 heavy (non-hydrogen) atoms. The van der Waals surface area contributed by atoms with Crippen LogP contribution in [-0.2, 0) is 20.0 Å². The lowest BCUT2D eigenvalue weighted by Crippen LogP contribution is -2.35. The Balaban J connectivity index is 2.28. The zero-order valence-electron chi connectivity index (χ0n) is 13.7. The van der Waals surface area contributed by atoms with Crippen LogP contribution in [0.15, 0.2) is 29.8 Å². The van der Waals surface area contributed by atoms with Gasteiger partial charge >= 0.3 is 5.97 Å². The monoisotopic (exact) mass is 318 g/mol. The molecule has 1 aromatic rings. The van der Waals surface area contributed by atoms with E-state index >= 15 is 4.39 Å². The molecule has 1 unspecified atom stereocenters. The maximum atomic E-state index is 15.7. The van der Waals surface area contributed by atoms with Crippen molar-refractivity contribution in [1.29, 1.82) is 0 Å². The summed E-state index contributed by atoms with van der Waals surface area (Å²) in [5.41, 5.74) is -1.75. The Morgan fingerprint density at radius 3 is 2.57 bits per heavy atom. The molecule has 1 aliphatic carbocycles. The number of alkyl halides is 1. The van der Waals surface area contributed by atoms with Gasteiger partial charge in [0.25, 0.3) is 0 Å². The minimum Gasteiger partial charge on any atom is -0.463 e. The molecule has 0 fully saturated rings. The van der Waals surface area contributed by atoms with E-state index in [1.54, 1.807) is 31.2 Å². The topological polar surface area (TPSA) is 43.4 Å². The molecule has 0 heterocycles. The lowest BCUT2D eigenvalue weighted by Gasteiger charge is -2.23. The van der Waals surface area contributed by atoms with Crippen molar-refractivity contribution in [3.05, 3.63) is 41.0 Å².